The number of nitrogens with zero attached hydrogens (tertiary/aromatic N) is 2. The Hall–Kier alpha value is -1.95. The first-order valence-electron chi connectivity index (χ1n) is 8.11. The summed E-state index contributed by atoms with van der Waals surface area (Å²) in [6.07, 6.45) is 7.25. The highest BCUT2D eigenvalue weighted by Crippen LogP contribution is 2.41. The monoisotopic (exact) mass is 345 g/mol. The van der Waals surface area contributed by atoms with Crippen LogP contribution in [0, 0.1) is 5.82 Å². The number of nitrogens with one attached hydrogen (secondary N) is 1. The molecule has 1 aliphatic rings. The van der Waals surface area contributed by atoms with Crippen LogP contribution in [0.1, 0.15) is 31.2 Å². The Labute approximate surface area is 145 Å². The minimum Gasteiger partial charge on any atom is -0.354 e. The summed E-state index contributed by atoms with van der Waals surface area (Å²) in [6, 6.07) is 8.65. The second-order valence-corrected chi connectivity index (χ2v) is 7.01. The molecule has 6 heteroatoms. The molecule has 1 aromatic heterocycles. The third-order valence-electron chi connectivity index (χ3n) is 4.50. The number of hydrogen-bond donors (Lipinski definition) is 1. The summed E-state index contributed by atoms with van der Waals surface area (Å²) in [7, 11) is 0. The number of carbonyl (C=O) groups excluding carboxylic acids is 1. The van der Waals surface area contributed by atoms with Crippen LogP contribution in [-0.4, -0.2) is 28.2 Å². The van der Waals surface area contributed by atoms with Crippen molar-refractivity contribution in [3.8, 4) is 0 Å². The van der Waals surface area contributed by atoms with Crippen molar-refractivity contribution < 1.29 is 9.18 Å². The Morgan fingerprint density at radius 2 is 1.88 bits per heavy atom. The maximum atomic E-state index is 14.2. The normalized spacial score (nSPS) is 16.0. The van der Waals surface area contributed by atoms with Crippen LogP contribution >= 0.6 is 11.8 Å². The van der Waals surface area contributed by atoms with Crippen molar-refractivity contribution in [2.45, 2.75) is 36.3 Å². The van der Waals surface area contributed by atoms with E-state index in [9.17, 15) is 9.18 Å². The lowest BCUT2D eigenvalue weighted by atomic mass is 9.78. The summed E-state index contributed by atoms with van der Waals surface area (Å²) in [5.41, 5.74) is 0.441. The van der Waals surface area contributed by atoms with Crippen molar-refractivity contribution in [3.63, 3.8) is 0 Å². The van der Waals surface area contributed by atoms with Gasteiger partial charge in [0.25, 0.3) is 0 Å². The molecule has 0 atom stereocenters. The maximum absolute atomic E-state index is 14.2. The fourth-order valence-electron chi connectivity index (χ4n) is 3.29. The second-order valence-electron chi connectivity index (χ2n) is 6.06. The third-order valence-corrected chi connectivity index (χ3v) is 5.38. The SMILES string of the molecule is O=C(CSc1ncccn1)NCC1(c2ccccc2F)CCCC1. The van der Waals surface area contributed by atoms with Crippen molar-refractivity contribution in [1.82, 2.24) is 15.3 Å². The highest BCUT2D eigenvalue weighted by Gasteiger charge is 2.37. The zero-order chi connectivity index (χ0) is 16.8. The van der Waals surface area contributed by atoms with Crippen molar-refractivity contribution in [1.29, 1.82) is 0 Å². The Bertz CT molecular complexity index is 690. The number of amides is 1. The number of benzene rings is 1. The molecule has 0 radical (unpaired) electrons. The predicted molar refractivity (Wildman–Crippen MR) is 92.3 cm³/mol. The van der Waals surface area contributed by atoms with Gasteiger partial charge in [-0.1, -0.05) is 42.8 Å². The van der Waals surface area contributed by atoms with Gasteiger partial charge < -0.3 is 5.32 Å². The van der Waals surface area contributed by atoms with Gasteiger partial charge in [-0.3, -0.25) is 4.79 Å². The third kappa shape index (κ3) is 3.93. The smallest absolute Gasteiger partial charge is 0.230 e. The number of aromatic nitrogens is 2. The van der Waals surface area contributed by atoms with E-state index in [-0.39, 0.29) is 22.9 Å². The van der Waals surface area contributed by atoms with E-state index in [0.717, 1.165) is 31.2 Å². The van der Waals surface area contributed by atoms with E-state index in [1.165, 1.54) is 17.8 Å². The molecule has 0 unspecified atom stereocenters. The molecule has 3 rings (SSSR count). The molecule has 2 aromatic rings. The zero-order valence-electron chi connectivity index (χ0n) is 13.4. The largest absolute Gasteiger partial charge is 0.354 e. The molecule has 24 heavy (non-hydrogen) atoms. The van der Waals surface area contributed by atoms with Crippen molar-refractivity contribution in [3.05, 3.63) is 54.1 Å². The highest BCUT2D eigenvalue weighted by atomic mass is 32.2. The molecule has 1 amide bonds. The Balaban J connectivity index is 1.61. The van der Waals surface area contributed by atoms with Crippen LogP contribution in [0.25, 0.3) is 0 Å². The second kappa shape index (κ2) is 7.75. The van der Waals surface area contributed by atoms with Crippen LogP contribution in [-0.2, 0) is 10.2 Å². The average molecular weight is 345 g/mol. The molecule has 0 aliphatic heterocycles. The molecule has 1 saturated carbocycles. The molecule has 0 bridgehead atoms. The lowest BCUT2D eigenvalue weighted by Crippen LogP contribution is -2.40. The molecule has 1 aliphatic carbocycles. The van der Waals surface area contributed by atoms with E-state index >= 15 is 0 Å². The summed E-state index contributed by atoms with van der Waals surface area (Å²) in [5.74, 6) is 0.00736. The molecule has 1 aromatic carbocycles. The lowest BCUT2D eigenvalue weighted by Gasteiger charge is -2.30. The van der Waals surface area contributed by atoms with Gasteiger partial charge >= 0.3 is 0 Å². The first-order chi connectivity index (χ1) is 11.7. The number of thioether (sulfide) groups is 1. The molecule has 0 spiro atoms. The molecule has 1 fully saturated rings. The Morgan fingerprint density at radius 3 is 2.58 bits per heavy atom. The van der Waals surface area contributed by atoms with Crippen molar-refractivity contribution in [2.75, 3.05) is 12.3 Å². The minimum atomic E-state index is -0.283. The van der Waals surface area contributed by atoms with Gasteiger partial charge in [0.1, 0.15) is 5.82 Å². The van der Waals surface area contributed by atoms with E-state index in [1.54, 1.807) is 24.5 Å². The summed E-state index contributed by atoms with van der Waals surface area (Å²) < 4.78 is 14.2. The molecule has 0 saturated heterocycles. The van der Waals surface area contributed by atoms with Gasteiger partial charge in [-0.25, -0.2) is 14.4 Å². The number of rotatable bonds is 6. The molecule has 1 heterocycles. The molecular weight excluding hydrogens is 325 g/mol. The van der Waals surface area contributed by atoms with E-state index in [2.05, 4.69) is 15.3 Å². The maximum Gasteiger partial charge on any atom is 0.230 e. The van der Waals surface area contributed by atoms with Crippen molar-refractivity contribution >= 4 is 17.7 Å². The number of halogens is 1. The fourth-order valence-corrected chi connectivity index (χ4v) is 3.93. The molecule has 126 valence electrons. The quantitative estimate of drug-likeness (QED) is 0.644. The van der Waals surface area contributed by atoms with Crippen LogP contribution in [0.5, 0.6) is 0 Å². The Kier molecular flexibility index (Phi) is 5.45. The summed E-state index contributed by atoms with van der Waals surface area (Å²) in [6.45, 7) is 0.475. The predicted octanol–water partition coefficient (Wildman–Crippen LogP) is 3.34. The lowest BCUT2D eigenvalue weighted by molar-refractivity contribution is -0.118. The molecule has 4 nitrogen and oxygen atoms in total. The van der Waals surface area contributed by atoms with Gasteiger partial charge in [0.05, 0.1) is 5.75 Å². The van der Waals surface area contributed by atoms with Crippen LogP contribution in [0.3, 0.4) is 0 Å². The van der Waals surface area contributed by atoms with Crippen LogP contribution in [0.4, 0.5) is 4.39 Å². The Morgan fingerprint density at radius 1 is 1.17 bits per heavy atom. The van der Waals surface area contributed by atoms with E-state index in [4.69, 9.17) is 0 Å². The first-order valence-corrected chi connectivity index (χ1v) is 9.10. The van der Waals surface area contributed by atoms with Crippen LogP contribution in [0.2, 0.25) is 0 Å². The van der Waals surface area contributed by atoms with Gasteiger partial charge in [-0.05, 0) is 30.5 Å². The summed E-state index contributed by atoms with van der Waals surface area (Å²) in [5, 5.41) is 3.56. The van der Waals surface area contributed by atoms with Crippen LogP contribution < -0.4 is 5.32 Å². The van der Waals surface area contributed by atoms with Gasteiger partial charge in [-0.15, -0.1) is 0 Å². The minimum absolute atomic E-state index is 0.0740. The molecular formula is C18H20FN3OS. The van der Waals surface area contributed by atoms with Crippen molar-refractivity contribution in [2.24, 2.45) is 0 Å². The first kappa shape index (κ1) is 16.9. The van der Waals surface area contributed by atoms with Gasteiger partial charge in [0.2, 0.25) is 5.91 Å². The van der Waals surface area contributed by atoms with Gasteiger partial charge in [0.15, 0.2) is 5.16 Å². The fraction of sp³-hybridized carbons (Fsp3) is 0.389. The summed E-state index contributed by atoms with van der Waals surface area (Å²) in [4.78, 5) is 20.3. The topological polar surface area (TPSA) is 54.9 Å². The highest BCUT2D eigenvalue weighted by molar-refractivity contribution is 7.99. The molecule has 1 N–H and O–H groups in total. The zero-order valence-corrected chi connectivity index (χ0v) is 14.2. The number of hydrogen-bond acceptors (Lipinski definition) is 4. The van der Waals surface area contributed by atoms with Crippen LogP contribution in [0.15, 0.2) is 47.9 Å². The van der Waals surface area contributed by atoms with E-state index in [0.29, 0.717) is 11.7 Å². The number of carbonyl (C=O) groups is 1. The average Bonchev–Trinajstić information content (AvgIpc) is 3.09. The van der Waals surface area contributed by atoms with E-state index in [1.807, 2.05) is 12.1 Å². The summed E-state index contributed by atoms with van der Waals surface area (Å²) >= 11 is 1.30. The van der Waals surface area contributed by atoms with E-state index < -0.39 is 0 Å². The van der Waals surface area contributed by atoms with Gasteiger partial charge in [-0.2, -0.15) is 0 Å². The van der Waals surface area contributed by atoms with Gasteiger partial charge in [0, 0.05) is 24.4 Å². The standard InChI is InChI=1S/C18H20FN3OS/c19-15-7-2-1-6-14(15)18(8-3-4-9-18)13-22-16(23)12-24-17-20-10-5-11-21-17/h1-2,5-7,10-11H,3-4,8-9,12-13H2,(H,22,23).